The Balaban J connectivity index is -0.000000127. The lowest BCUT2D eigenvalue weighted by atomic mass is 10.3. The zero-order valence-electron chi connectivity index (χ0n) is 54.3. The van der Waals surface area contributed by atoms with Crippen molar-refractivity contribution in [2.45, 2.75) is 198 Å². The standard InChI is InChI=1S/C8H15NO.C7H13NO2.C6H11NO2.C6H15O4P.C6H15O3P.C6H12O3.C4H8F2.C4H7N.C4H10O2S.C4H10OS/c1-2-3-6-9-7-4-5-8(9)10;1-2-3-4-8-5-6-10-7(8)9;1-2-4-8-6-9-5-3-7;1-4-5-6-10-11(7,8-2)9-3;1-4-5-6-9-10(3,7)8-2;1-3-4-5-9-6(7)8-2;1-2-3-4(5)6;1-2-3-4-5;1-3-4-7(2,5)6;1-3-4-6(2)5/h2-7H2,1H3;2-6H2,1H3;2,4-6H2,1H3;4-6H2,1-3H3;4-6H2,1-3H3;3-5H2,1-2H3;4H,2-3H2,1H3;2-3H2,1H3;3-4H2,1-2H3;3-4H2,1-2H3. The number of sulfone groups is 1. The van der Waals surface area contributed by atoms with Gasteiger partial charge in [0.15, 0.2) is 0 Å². The molecule has 0 aromatic carbocycles. The van der Waals surface area contributed by atoms with Crippen molar-refractivity contribution in [3.05, 3.63) is 0 Å². The van der Waals surface area contributed by atoms with Crippen LogP contribution in [0.15, 0.2) is 0 Å². The van der Waals surface area contributed by atoms with Crippen molar-refractivity contribution in [2.24, 2.45) is 0 Å². The van der Waals surface area contributed by atoms with Gasteiger partial charge in [0.1, 0.15) is 29.8 Å². The van der Waals surface area contributed by atoms with E-state index in [0.717, 1.165) is 128 Å². The van der Waals surface area contributed by atoms with E-state index < -0.39 is 48.6 Å². The van der Waals surface area contributed by atoms with Crippen LogP contribution < -0.4 is 0 Å². The van der Waals surface area contributed by atoms with Crippen LogP contribution in [-0.4, -0.2) is 179 Å². The Morgan fingerprint density at radius 1 is 0.699 bits per heavy atom. The quantitative estimate of drug-likeness (QED) is 0.0262. The number of amides is 2. The van der Waals surface area contributed by atoms with Gasteiger partial charge in [-0.1, -0.05) is 108 Å². The normalized spacial score (nSPS) is 13.0. The number of unbranched alkanes of at least 4 members (excludes halogenated alkanes) is 6. The van der Waals surface area contributed by atoms with Crippen molar-refractivity contribution < 1.29 is 91.2 Å². The number of rotatable bonds is 32. The molecule has 500 valence electrons. The van der Waals surface area contributed by atoms with Crippen LogP contribution >= 0.6 is 15.4 Å². The van der Waals surface area contributed by atoms with E-state index in [1.165, 1.54) is 47.8 Å². The molecule has 0 saturated carbocycles. The second kappa shape index (κ2) is 75.2. The third-order valence-electron chi connectivity index (χ3n) is 9.43. The molecular weight excluding hydrogens is 1170 g/mol. The van der Waals surface area contributed by atoms with E-state index in [2.05, 4.69) is 43.8 Å². The number of halogens is 2. The number of hydrogen-bond donors (Lipinski definition) is 0. The molecule has 2 unspecified atom stereocenters. The summed E-state index contributed by atoms with van der Waals surface area (Å²) in [6.07, 6.45) is 17.3. The molecule has 22 nitrogen and oxygen atoms in total. The Kier molecular flexibility index (Phi) is 87.4. The average molecular weight is 1290 g/mol. The van der Waals surface area contributed by atoms with Crippen molar-refractivity contribution in [3.8, 4) is 12.1 Å². The molecular formula is C55H116F2N4O18P2S2. The highest BCUT2D eigenvalue weighted by atomic mass is 32.2. The van der Waals surface area contributed by atoms with Crippen LogP contribution in [0.1, 0.15) is 191 Å². The molecule has 0 bridgehead atoms. The molecule has 0 aliphatic carbocycles. The van der Waals surface area contributed by atoms with Crippen molar-refractivity contribution >= 4 is 54.2 Å². The summed E-state index contributed by atoms with van der Waals surface area (Å²) in [5.74, 6) is 1.51. The predicted molar refractivity (Wildman–Crippen MR) is 329 cm³/mol. The molecule has 2 aliphatic heterocycles. The monoisotopic (exact) mass is 1280 g/mol. The molecule has 83 heavy (non-hydrogen) atoms. The second-order valence-electron chi connectivity index (χ2n) is 17.6. The summed E-state index contributed by atoms with van der Waals surface area (Å²) in [7, 11) is -3.85. The number of carbonyl (C=O) groups is 3. The first-order valence-electron chi connectivity index (χ1n) is 28.9. The zero-order valence-corrected chi connectivity index (χ0v) is 57.7. The first kappa shape index (κ1) is 96.4. The van der Waals surface area contributed by atoms with Gasteiger partial charge >= 0.3 is 27.7 Å². The largest absolute Gasteiger partial charge is 0.507 e. The molecule has 2 amide bonds. The fourth-order valence-electron chi connectivity index (χ4n) is 4.89. The first-order valence-corrected chi connectivity index (χ1v) is 36.2. The van der Waals surface area contributed by atoms with Gasteiger partial charge in [0, 0.05) is 108 Å². The molecule has 0 radical (unpaired) electrons. The fraction of sp³-hybridized carbons (Fsp3) is 0.909. The van der Waals surface area contributed by atoms with Crippen LogP contribution in [0.5, 0.6) is 0 Å². The number of nitrogens with zero attached hydrogens (tertiary/aromatic N) is 4. The lowest BCUT2D eigenvalue weighted by Crippen LogP contribution is -2.25. The summed E-state index contributed by atoms with van der Waals surface area (Å²) in [6.45, 7) is 28.1. The minimum absolute atomic E-state index is 0.0417. The van der Waals surface area contributed by atoms with E-state index >= 15 is 0 Å². The number of phosphoric ester groups is 1. The molecule has 2 heterocycles. The Hall–Kier alpha value is -2.87. The summed E-state index contributed by atoms with van der Waals surface area (Å²) >= 11 is 0. The zero-order chi connectivity index (χ0) is 65.7. The van der Waals surface area contributed by atoms with Gasteiger partial charge in [-0.05, 0) is 64.2 Å². The van der Waals surface area contributed by atoms with E-state index in [1.807, 2.05) is 58.6 Å². The third-order valence-corrected chi connectivity index (χ3v) is 14.3. The number of ether oxygens (including phenoxy) is 5. The van der Waals surface area contributed by atoms with Crippen molar-refractivity contribution in [3.63, 3.8) is 0 Å². The Morgan fingerprint density at radius 3 is 1.53 bits per heavy atom. The Labute approximate surface area is 505 Å². The molecule has 0 spiro atoms. The highest BCUT2D eigenvalue weighted by molar-refractivity contribution is 7.90. The van der Waals surface area contributed by atoms with Crippen LogP contribution in [0.3, 0.4) is 0 Å². The average Bonchev–Trinajstić information content (AvgIpc) is 4.07. The van der Waals surface area contributed by atoms with E-state index in [-0.39, 0.29) is 25.9 Å². The number of nitriles is 2. The highest BCUT2D eigenvalue weighted by Crippen LogP contribution is 2.47. The van der Waals surface area contributed by atoms with Crippen LogP contribution in [0, 0.1) is 22.7 Å². The number of methoxy groups -OCH3 is 1. The Morgan fingerprint density at radius 2 is 1.23 bits per heavy atom. The van der Waals surface area contributed by atoms with Crippen LogP contribution in [0.2, 0.25) is 0 Å². The second-order valence-corrected chi connectivity index (χ2v) is 25.5. The number of alkyl halides is 2. The molecule has 0 N–H and O–H groups in total. The molecule has 2 rings (SSSR count). The minimum Gasteiger partial charge on any atom is -0.448 e. The van der Waals surface area contributed by atoms with Gasteiger partial charge in [-0.15, -0.1) is 0 Å². The van der Waals surface area contributed by atoms with Gasteiger partial charge in [0.2, 0.25) is 12.3 Å². The maximum absolute atomic E-state index is 11.2. The fourth-order valence-corrected chi connectivity index (χ4v) is 7.49. The maximum atomic E-state index is 11.2. The predicted octanol–water partition coefficient (Wildman–Crippen LogP) is 14.2. The maximum Gasteiger partial charge on any atom is 0.507 e. The summed E-state index contributed by atoms with van der Waals surface area (Å²) in [5, 5.41) is 15.8. The van der Waals surface area contributed by atoms with Crippen LogP contribution in [-0.2, 0) is 80.9 Å². The number of carbonyl (C=O) groups excluding carboxylic acids is 3. The van der Waals surface area contributed by atoms with Gasteiger partial charge in [0.25, 0.3) is 0 Å². The van der Waals surface area contributed by atoms with E-state index in [1.54, 1.807) is 18.1 Å². The van der Waals surface area contributed by atoms with E-state index in [9.17, 15) is 44.9 Å². The van der Waals surface area contributed by atoms with Gasteiger partial charge in [0.05, 0.1) is 45.6 Å². The lowest BCUT2D eigenvalue weighted by molar-refractivity contribution is -0.127. The lowest BCUT2D eigenvalue weighted by Gasteiger charge is -2.13. The van der Waals surface area contributed by atoms with Gasteiger partial charge < -0.3 is 42.5 Å². The van der Waals surface area contributed by atoms with Crippen molar-refractivity contribution in [1.29, 1.82) is 10.5 Å². The number of cyclic esters (lactones) is 1. The summed E-state index contributed by atoms with van der Waals surface area (Å²) in [5.41, 5.74) is 0. The summed E-state index contributed by atoms with van der Waals surface area (Å²) in [6, 6.07) is 3.86. The molecule has 28 heteroatoms. The third kappa shape index (κ3) is 93.0. The van der Waals surface area contributed by atoms with E-state index in [0.29, 0.717) is 57.5 Å². The highest BCUT2D eigenvalue weighted by Gasteiger charge is 2.22. The van der Waals surface area contributed by atoms with Gasteiger partial charge in [-0.2, -0.15) is 10.5 Å². The number of phosphoric acid groups is 1. The molecule has 2 aliphatic rings. The molecule has 2 atom stereocenters. The van der Waals surface area contributed by atoms with Crippen molar-refractivity contribution in [1.82, 2.24) is 9.80 Å². The minimum atomic E-state index is -3.21. The van der Waals surface area contributed by atoms with Crippen molar-refractivity contribution in [2.75, 3.05) is 132 Å². The van der Waals surface area contributed by atoms with Gasteiger partial charge in [-0.3, -0.25) is 27.1 Å². The molecule has 0 aromatic rings. The van der Waals surface area contributed by atoms with E-state index in [4.69, 9.17) is 33.8 Å². The molecule has 0 aromatic heterocycles. The topological polar surface area (TPSA) is 283 Å². The molecule has 2 saturated heterocycles. The molecule has 2 fully saturated rings. The summed E-state index contributed by atoms with van der Waals surface area (Å²) in [4.78, 5) is 35.8. The number of hydrogen-bond acceptors (Lipinski definition) is 20. The summed E-state index contributed by atoms with van der Waals surface area (Å²) < 4.78 is 122. The van der Waals surface area contributed by atoms with Crippen LogP contribution in [0.4, 0.5) is 18.4 Å². The van der Waals surface area contributed by atoms with Crippen LogP contribution in [0.25, 0.3) is 0 Å². The number of likely N-dealkylation sites (tertiary alicyclic amines) is 1. The SMILES string of the molecule is CCCC#N.CCCC(F)F.CCCCN1CCCC1=O.CCCCN1CCOC1=O.CCCCOC(=O)OC.CCCCOP(=O)(OC)OC.CCCCOP(C)(=O)OC.CCCOCOCC#N.CCCS(C)(=O)=O.CCCS(C)=O. The smallest absolute Gasteiger partial charge is 0.448 e. The van der Waals surface area contributed by atoms with Gasteiger partial charge in [-0.25, -0.2) is 31.4 Å². The Bertz CT molecular complexity index is 1700. The first-order chi connectivity index (χ1) is 39.2.